The number of carbonyl (C=O) groups is 1. The smallest absolute Gasteiger partial charge is 0.195 e. The first-order valence-corrected chi connectivity index (χ1v) is 5.11. The van der Waals surface area contributed by atoms with Crippen LogP contribution in [0.25, 0.3) is 5.52 Å². The van der Waals surface area contributed by atoms with Crippen molar-refractivity contribution < 1.29 is 4.79 Å². The quantitative estimate of drug-likeness (QED) is 0.749. The number of imidazole rings is 1. The van der Waals surface area contributed by atoms with Crippen LogP contribution in [0.3, 0.4) is 0 Å². The molecule has 0 amide bonds. The van der Waals surface area contributed by atoms with Gasteiger partial charge in [0.05, 0.1) is 5.52 Å². The molecule has 2 aromatic rings. The molecular weight excluding hydrogens is 267 g/mol. The molecule has 0 aliphatic heterocycles. The highest BCUT2D eigenvalue weighted by Crippen LogP contribution is 2.21. The van der Waals surface area contributed by atoms with Crippen LogP contribution in [0, 0.1) is 0 Å². The fraction of sp³-hybridized carbons (Fsp3) is 0.111. The predicted molar refractivity (Wildman–Crippen MR) is 57.9 cm³/mol. The molecule has 2 aromatic heterocycles. The number of Topliss-reactive ketones (excluding diaryl/α,β-unsaturated/α-hetero) is 1. The second-order valence-corrected chi connectivity index (χ2v) is 4.16. The second-order valence-electron chi connectivity index (χ2n) is 2.88. The summed E-state index contributed by atoms with van der Waals surface area (Å²) in [7, 11) is 0. The molecule has 0 radical (unpaired) electrons. The van der Waals surface area contributed by atoms with E-state index in [1.165, 1.54) is 6.92 Å². The summed E-state index contributed by atoms with van der Waals surface area (Å²) in [4.78, 5) is 15.2. The Kier molecular flexibility index (Phi) is 2.33. The van der Waals surface area contributed by atoms with Crippen LogP contribution >= 0.6 is 27.5 Å². The van der Waals surface area contributed by atoms with Gasteiger partial charge in [-0.3, -0.25) is 9.20 Å². The van der Waals surface area contributed by atoms with Crippen molar-refractivity contribution in [2.45, 2.75) is 6.92 Å². The summed E-state index contributed by atoms with van der Waals surface area (Å²) in [5.74, 6) is 0.247. The standard InChI is InChI=1S/C9H6BrClN2O/c1-5(14)9-12-8(11)7-3-2-6(10)4-13(7)9/h2-4H,1H3. The molecule has 0 spiro atoms. The molecule has 0 bridgehead atoms. The van der Waals surface area contributed by atoms with Gasteiger partial charge in [0.15, 0.2) is 16.8 Å². The lowest BCUT2D eigenvalue weighted by Crippen LogP contribution is -1.99. The van der Waals surface area contributed by atoms with Gasteiger partial charge in [0.25, 0.3) is 0 Å². The fourth-order valence-electron chi connectivity index (χ4n) is 1.27. The van der Waals surface area contributed by atoms with Gasteiger partial charge in [0, 0.05) is 17.6 Å². The first kappa shape index (κ1) is 9.68. The van der Waals surface area contributed by atoms with Gasteiger partial charge in [0.2, 0.25) is 0 Å². The Hall–Kier alpha value is -0.870. The van der Waals surface area contributed by atoms with Gasteiger partial charge >= 0.3 is 0 Å². The number of pyridine rings is 1. The first-order chi connectivity index (χ1) is 6.59. The van der Waals surface area contributed by atoms with Gasteiger partial charge in [0.1, 0.15) is 0 Å². The number of halogens is 2. The van der Waals surface area contributed by atoms with Gasteiger partial charge < -0.3 is 0 Å². The van der Waals surface area contributed by atoms with E-state index in [0.29, 0.717) is 11.0 Å². The maximum atomic E-state index is 11.2. The largest absolute Gasteiger partial charge is 0.295 e. The van der Waals surface area contributed by atoms with Crippen molar-refractivity contribution in [3.63, 3.8) is 0 Å². The van der Waals surface area contributed by atoms with E-state index in [0.717, 1.165) is 9.99 Å². The predicted octanol–water partition coefficient (Wildman–Crippen LogP) is 2.95. The van der Waals surface area contributed by atoms with E-state index < -0.39 is 0 Å². The average molecular weight is 274 g/mol. The molecular formula is C9H6BrClN2O. The van der Waals surface area contributed by atoms with Crippen molar-refractivity contribution >= 4 is 38.8 Å². The van der Waals surface area contributed by atoms with E-state index in [1.54, 1.807) is 10.6 Å². The summed E-state index contributed by atoms with van der Waals surface area (Å²) >= 11 is 9.20. The number of rotatable bonds is 1. The summed E-state index contributed by atoms with van der Waals surface area (Å²) in [5, 5.41) is 0.350. The van der Waals surface area contributed by atoms with Crippen molar-refractivity contribution in [1.82, 2.24) is 9.38 Å². The highest BCUT2D eigenvalue weighted by atomic mass is 79.9. The van der Waals surface area contributed by atoms with Gasteiger partial charge in [-0.05, 0) is 28.1 Å². The Bertz CT molecular complexity index is 521. The lowest BCUT2D eigenvalue weighted by atomic mass is 10.4. The van der Waals surface area contributed by atoms with Crippen molar-refractivity contribution in [2.24, 2.45) is 0 Å². The first-order valence-electron chi connectivity index (χ1n) is 3.93. The Balaban J connectivity index is 2.85. The van der Waals surface area contributed by atoms with Crippen molar-refractivity contribution in [3.05, 3.63) is 33.8 Å². The Morgan fingerprint density at radius 1 is 1.57 bits per heavy atom. The van der Waals surface area contributed by atoms with Crippen LogP contribution in [0.5, 0.6) is 0 Å². The zero-order valence-electron chi connectivity index (χ0n) is 7.29. The van der Waals surface area contributed by atoms with E-state index in [1.807, 2.05) is 12.1 Å². The molecule has 2 heterocycles. The monoisotopic (exact) mass is 272 g/mol. The van der Waals surface area contributed by atoms with E-state index >= 15 is 0 Å². The number of aromatic nitrogens is 2. The highest BCUT2D eigenvalue weighted by Gasteiger charge is 2.12. The third-order valence-electron chi connectivity index (χ3n) is 1.87. The van der Waals surface area contributed by atoms with Gasteiger partial charge in [-0.2, -0.15) is 0 Å². The minimum absolute atomic E-state index is 0.106. The lowest BCUT2D eigenvalue weighted by Gasteiger charge is -1.97. The summed E-state index contributed by atoms with van der Waals surface area (Å²) in [5.41, 5.74) is 0.736. The van der Waals surface area contributed by atoms with E-state index in [-0.39, 0.29) is 5.78 Å². The Morgan fingerprint density at radius 3 is 2.93 bits per heavy atom. The molecule has 0 unspecified atom stereocenters. The Morgan fingerprint density at radius 2 is 2.29 bits per heavy atom. The highest BCUT2D eigenvalue weighted by molar-refractivity contribution is 9.10. The minimum atomic E-state index is -0.106. The maximum Gasteiger partial charge on any atom is 0.195 e. The molecule has 14 heavy (non-hydrogen) atoms. The molecule has 0 saturated carbocycles. The lowest BCUT2D eigenvalue weighted by molar-refractivity contribution is 0.100. The number of ketones is 1. The third-order valence-corrected chi connectivity index (χ3v) is 2.62. The minimum Gasteiger partial charge on any atom is -0.295 e. The summed E-state index contributed by atoms with van der Waals surface area (Å²) in [6.45, 7) is 1.46. The molecule has 0 saturated heterocycles. The Labute approximate surface area is 93.8 Å². The molecule has 0 fully saturated rings. The van der Waals surface area contributed by atoms with Crippen LogP contribution in [-0.2, 0) is 0 Å². The van der Waals surface area contributed by atoms with Crippen molar-refractivity contribution in [1.29, 1.82) is 0 Å². The van der Waals surface area contributed by atoms with Crippen molar-refractivity contribution in [2.75, 3.05) is 0 Å². The van der Waals surface area contributed by atoms with Gasteiger partial charge in [-0.15, -0.1) is 0 Å². The zero-order valence-corrected chi connectivity index (χ0v) is 9.63. The molecule has 0 aliphatic rings. The molecule has 72 valence electrons. The van der Waals surface area contributed by atoms with E-state index in [9.17, 15) is 4.79 Å². The second kappa shape index (κ2) is 3.37. The van der Waals surface area contributed by atoms with E-state index in [4.69, 9.17) is 11.6 Å². The zero-order chi connectivity index (χ0) is 10.3. The number of carbonyl (C=O) groups excluding carboxylic acids is 1. The number of fused-ring (bicyclic) bond motifs is 1. The summed E-state index contributed by atoms with van der Waals surface area (Å²) in [6, 6.07) is 3.67. The van der Waals surface area contributed by atoms with Crippen LogP contribution in [0.15, 0.2) is 22.8 Å². The average Bonchev–Trinajstić information content (AvgIpc) is 2.43. The molecule has 5 heteroatoms. The maximum absolute atomic E-state index is 11.2. The summed E-state index contributed by atoms with van der Waals surface area (Å²) < 4.78 is 2.55. The molecule has 0 N–H and O–H groups in total. The van der Waals surface area contributed by atoms with Crippen LogP contribution in [-0.4, -0.2) is 15.2 Å². The van der Waals surface area contributed by atoms with Crippen LogP contribution < -0.4 is 0 Å². The molecule has 0 atom stereocenters. The third kappa shape index (κ3) is 1.44. The fourth-order valence-corrected chi connectivity index (χ4v) is 1.84. The van der Waals surface area contributed by atoms with Crippen molar-refractivity contribution in [3.8, 4) is 0 Å². The number of hydrogen-bond acceptors (Lipinski definition) is 2. The normalized spacial score (nSPS) is 10.8. The number of nitrogens with zero attached hydrogens (tertiary/aromatic N) is 2. The van der Waals surface area contributed by atoms with Crippen LogP contribution in [0.4, 0.5) is 0 Å². The SMILES string of the molecule is CC(=O)c1nc(Cl)c2ccc(Br)cn12. The summed E-state index contributed by atoms with van der Waals surface area (Å²) in [6.07, 6.45) is 1.77. The number of hydrogen-bond donors (Lipinski definition) is 0. The molecule has 0 aromatic carbocycles. The molecule has 3 nitrogen and oxygen atoms in total. The van der Waals surface area contributed by atoms with Crippen LogP contribution in [0.2, 0.25) is 5.15 Å². The van der Waals surface area contributed by atoms with E-state index in [2.05, 4.69) is 20.9 Å². The van der Waals surface area contributed by atoms with Gasteiger partial charge in [-0.1, -0.05) is 11.6 Å². The molecule has 0 aliphatic carbocycles. The molecule has 2 rings (SSSR count). The topological polar surface area (TPSA) is 34.4 Å². The van der Waals surface area contributed by atoms with Gasteiger partial charge in [-0.25, -0.2) is 4.98 Å². The van der Waals surface area contributed by atoms with Crippen LogP contribution in [0.1, 0.15) is 17.5 Å².